The van der Waals surface area contributed by atoms with Crippen molar-refractivity contribution in [3.05, 3.63) is 47.5 Å². The summed E-state index contributed by atoms with van der Waals surface area (Å²) in [5, 5.41) is 10.6. The molecular formula is C18H24ClFN4O. The van der Waals surface area contributed by atoms with Crippen LogP contribution >= 0.6 is 12.4 Å². The lowest BCUT2D eigenvalue weighted by atomic mass is 10.1. The minimum Gasteiger partial charge on any atom is -0.352 e. The molecule has 1 atom stereocenters. The van der Waals surface area contributed by atoms with Gasteiger partial charge in [-0.25, -0.2) is 9.07 Å². The van der Waals surface area contributed by atoms with E-state index in [1.807, 2.05) is 6.92 Å². The topological polar surface area (TPSA) is 59.0 Å². The molecule has 0 spiro atoms. The van der Waals surface area contributed by atoms with Gasteiger partial charge in [-0.15, -0.1) is 12.4 Å². The van der Waals surface area contributed by atoms with Crippen LogP contribution in [0.3, 0.4) is 0 Å². The second-order valence-electron chi connectivity index (χ2n) is 6.15. The number of halogens is 2. The molecule has 1 aromatic carbocycles. The van der Waals surface area contributed by atoms with Crippen molar-refractivity contribution < 1.29 is 9.18 Å². The highest BCUT2D eigenvalue weighted by atomic mass is 35.5. The number of nitrogens with zero attached hydrogens (tertiary/aromatic N) is 2. The Morgan fingerprint density at radius 1 is 1.40 bits per heavy atom. The van der Waals surface area contributed by atoms with Crippen LogP contribution in [0.4, 0.5) is 4.39 Å². The zero-order valence-corrected chi connectivity index (χ0v) is 15.1. The Morgan fingerprint density at radius 2 is 2.16 bits per heavy atom. The molecule has 2 heterocycles. The molecule has 1 aromatic heterocycles. The fourth-order valence-electron chi connectivity index (χ4n) is 3.15. The van der Waals surface area contributed by atoms with Gasteiger partial charge >= 0.3 is 0 Å². The van der Waals surface area contributed by atoms with Crippen molar-refractivity contribution in [1.29, 1.82) is 0 Å². The minimum atomic E-state index is -0.289. The van der Waals surface area contributed by atoms with Gasteiger partial charge in [0.05, 0.1) is 23.1 Å². The predicted molar refractivity (Wildman–Crippen MR) is 98.1 cm³/mol. The standard InChI is InChI=1S/C18H23FN4O.ClH/c1-2-17-16(18(24)21-10-8-13-7-9-20-11-13)12-22-23(17)15-5-3-14(19)4-6-15;/h3-6,12-13,20H,2,7-11H2,1H3,(H,21,24);1H. The molecule has 1 amide bonds. The van der Waals surface area contributed by atoms with E-state index in [2.05, 4.69) is 15.7 Å². The van der Waals surface area contributed by atoms with Crippen molar-refractivity contribution in [3.8, 4) is 5.69 Å². The van der Waals surface area contributed by atoms with Crippen LogP contribution in [0.25, 0.3) is 5.69 Å². The van der Waals surface area contributed by atoms with Gasteiger partial charge in [0.2, 0.25) is 0 Å². The maximum Gasteiger partial charge on any atom is 0.254 e. The van der Waals surface area contributed by atoms with E-state index in [0.29, 0.717) is 24.4 Å². The second kappa shape index (κ2) is 8.97. The summed E-state index contributed by atoms with van der Waals surface area (Å²) in [5.74, 6) is 0.271. The van der Waals surface area contributed by atoms with Gasteiger partial charge in [-0.1, -0.05) is 6.92 Å². The second-order valence-corrected chi connectivity index (χ2v) is 6.15. The Morgan fingerprint density at radius 3 is 2.80 bits per heavy atom. The average Bonchev–Trinajstić information content (AvgIpc) is 3.24. The van der Waals surface area contributed by atoms with Crippen molar-refractivity contribution in [2.24, 2.45) is 5.92 Å². The third kappa shape index (κ3) is 4.58. The summed E-state index contributed by atoms with van der Waals surface area (Å²) in [6, 6.07) is 6.12. The number of carbonyl (C=O) groups excluding carboxylic acids is 1. The third-order valence-electron chi connectivity index (χ3n) is 4.52. The van der Waals surface area contributed by atoms with Crippen LogP contribution in [0, 0.1) is 11.7 Å². The summed E-state index contributed by atoms with van der Waals surface area (Å²) in [7, 11) is 0. The molecule has 0 bridgehead atoms. The Balaban J connectivity index is 0.00000225. The van der Waals surface area contributed by atoms with E-state index in [0.717, 1.165) is 30.9 Å². The molecule has 1 aliphatic heterocycles. The van der Waals surface area contributed by atoms with E-state index < -0.39 is 0 Å². The van der Waals surface area contributed by atoms with Gasteiger partial charge < -0.3 is 10.6 Å². The fourth-order valence-corrected chi connectivity index (χ4v) is 3.15. The Hall–Kier alpha value is -1.92. The van der Waals surface area contributed by atoms with Crippen LogP contribution in [0.1, 0.15) is 35.8 Å². The van der Waals surface area contributed by atoms with Crippen molar-refractivity contribution in [3.63, 3.8) is 0 Å². The van der Waals surface area contributed by atoms with E-state index in [-0.39, 0.29) is 24.1 Å². The fraction of sp³-hybridized carbons (Fsp3) is 0.444. The highest BCUT2D eigenvalue weighted by Crippen LogP contribution is 2.17. The highest BCUT2D eigenvalue weighted by molar-refractivity contribution is 5.95. The molecule has 7 heteroatoms. The molecule has 0 aliphatic carbocycles. The van der Waals surface area contributed by atoms with Gasteiger partial charge in [-0.3, -0.25) is 4.79 Å². The van der Waals surface area contributed by atoms with Crippen LogP contribution in [0.5, 0.6) is 0 Å². The summed E-state index contributed by atoms with van der Waals surface area (Å²) >= 11 is 0. The maximum atomic E-state index is 13.1. The third-order valence-corrected chi connectivity index (χ3v) is 4.52. The van der Waals surface area contributed by atoms with E-state index in [9.17, 15) is 9.18 Å². The van der Waals surface area contributed by atoms with E-state index in [4.69, 9.17) is 0 Å². The average molecular weight is 367 g/mol. The van der Waals surface area contributed by atoms with Crippen molar-refractivity contribution >= 4 is 18.3 Å². The molecule has 136 valence electrons. The number of aromatic nitrogens is 2. The first-order valence-electron chi connectivity index (χ1n) is 8.50. The highest BCUT2D eigenvalue weighted by Gasteiger charge is 2.18. The number of hydrogen-bond acceptors (Lipinski definition) is 3. The van der Waals surface area contributed by atoms with Gasteiger partial charge in [0.25, 0.3) is 5.91 Å². The Bertz CT molecular complexity index is 696. The number of nitrogens with one attached hydrogen (secondary N) is 2. The Kier molecular flexibility index (Phi) is 6.96. The predicted octanol–water partition coefficient (Wildman–Crippen LogP) is 2.73. The normalized spacial score (nSPS) is 16.5. The molecule has 1 aliphatic rings. The lowest BCUT2D eigenvalue weighted by Gasteiger charge is -2.10. The van der Waals surface area contributed by atoms with Crippen molar-refractivity contribution in [2.75, 3.05) is 19.6 Å². The summed E-state index contributed by atoms with van der Waals surface area (Å²) in [4.78, 5) is 12.5. The van der Waals surface area contributed by atoms with Gasteiger partial charge in [-0.05, 0) is 62.5 Å². The van der Waals surface area contributed by atoms with Gasteiger partial charge in [0.1, 0.15) is 5.82 Å². The molecule has 1 saturated heterocycles. The number of rotatable bonds is 6. The minimum absolute atomic E-state index is 0. The van der Waals surface area contributed by atoms with Gasteiger partial charge in [0.15, 0.2) is 0 Å². The smallest absolute Gasteiger partial charge is 0.254 e. The number of carbonyl (C=O) groups is 1. The first-order valence-corrected chi connectivity index (χ1v) is 8.50. The first-order chi connectivity index (χ1) is 11.7. The quantitative estimate of drug-likeness (QED) is 0.826. The molecule has 25 heavy (non-hydrogen) atoms. The van der Waals surface area contributed by atoms with Gasteiger partial charge in [-0.2, -0.15) is 5.10 Å². The monoisotopic (exact) mass is 366 g/mol. The van der Waals surface area contributed by atoms with Crippen LogP contribution in [-0.4, -0.2) is 35.3 Å². The first kappa shape index (κ1) is 19.4. The zero-order chi connectivity index (χ0) is 16.9. The zero-order valence-electron chi connectivity index (χ0n) is 14.3. The number of benzene rings is 1. The summed E-state index contributed by atoms with van der Waals surface area (Å²) < 4.78 is 14.8. The molecule has 2 N–H and O–H groups in total. The lowest BCUT2D eigenvalue weighted by molar-refractivity contribution is 0.0950. The number of amides is 1. The maximum absolute atomic E-state index is 13.1. The van der Waals surface area contributed by atoms with E-state index in [1.165, 1.54) is 18.6 Å². The molecule has 0 radical (unpaired) electrons. The molecule has 3 rings (SSSR count). The van der Waals surface area contributed by atoms with Crippen molar-refractivity contribution in [1.82, 2.24) is 20.4 Å². The summed E-state index contributed by atoms with van der Waals surface area (Å²) in [5.41, 5.74) is 2.18. The SMILES string of the molecule is CCc1c(C(=O)NCCC2CCNC2)cnn1-c1ccc(F)cc1.Cl. The van der Waals surface area contributed by atoms with Crippen LogP contribution in [-0.2, 0) is 6.42 Å². The van der Waals surface area contributed by atoms with Crippen LogP contribution in [0.2, 0.25) is 0 Å². The van der Waals surface area contributed by atoms with Gasteiger partial charge in [0, 0.05) is 6.54 Å². The lowest BCUT2D eigenvalue weighted by Crippen LogP contribution is -2.27. The van der Waals surface area contributed by atoms with E-state index in [1.54, 1.807) is 23.0 Å². The van der Waals surface area contributed by atoms with Crippen molar-refractivity contribution in [2.45, 2.75) is 26.2 Å². The van der Waals surface area contributed by atoms with Crippen LogP contribution < -0.4 is 10.6 Å². The molecule has 5 nitrogen and oxygen atoms in total. The largest absolute Gasteiger partial charge is 0.352 e. The number of hydrogen-bond donors (Lipinski definition) is 2. The summed E-state index contributed by atoms with van der Waals surface area (Å²) in [6.45, 7) is 4.77. The molecule has 0 saturated carbocycles. The molecule has 1 unspecified atom stereocenters. The molecule has 2 aromatic rings. The van der Waals surface area contributed by atoms with E-state index >= 15 is 0 Å². The molecule has 1 fully saturated rings. The Labute approximate surface area is 153 Å². The summed E-state index contributed by atoms with van der Waals surface area (Å²) in [6.07, 6.45) is 4.44. The molecular weight excluding hydrogens is 343 g/mol. The van der Waals surface area contributed by atoms with Crippen LogP contribution in [0.15, 0.2) is 30.5 Å².